The number of rotatable bonds is 8. The van der Waals surface area contributed by atoms with E-state index in [-0.39, 0.29) is 263 Å². The first-order valence-electron chi connectivity index (χ1n) is 50.2. The van der Waals surface area contributed by atoms with Crippen LogP contribution in [0.2, 0.25) is 0 Å². The molecule has 732 valence electrons. The molecule has 22 nitrogen and oxygen atoms in total. The average molecular weight is 1880 g/mol. The molecule has 20 heterocycles. The topological polar surface area (TPSA) is 241 Å². The number of aliphatic hydroxyl groups is 2. The van der Waals surface area contributed by atoms with Gasteiger partial charge in [-0.05, 0) is 158 Å². The van der Waals surface area contributed by atoms with Gasteiger partial charge < -0.3 is 95.5 Å². The molecule has 2 N–H and O–H groups in total. The number of carbonyl (C=O) groups is 2. The first-order chi connectivity index (χ1) is 63.8. The van der Waals surface area contributed by atoms with Crippen LogP contribution >= 0.6 is 12.6 Å². The van der Waals surface area contributed by atoms with Gasteiger partial charge in [-0.15, -0.1) is 0 Å². The van der Waals surface area contributed by atoms with Crippen molar-refractivity contribution in [3.63, 3.8) is 0 Å². The van der Waals surface area contributed by atoms with Crippen molar-refractivity contribution in [2.45, 2.75) is 429 Å². The third kappa shape index (κ3) is 24.2. The third-order valence-electron chi connectivity index (χ3n) is 31.9. The van der Waals surface area contributed by atoms with E-state index >= 15 is 0 Å². The van der Waals surface area contributed by atoms with Crippen LogP contribution in [-0.2, 0) is 94.9 Å². The maximum atomic E-state index is 14.1. The van der Waals surface area contributed by atoms with Gasteiger partial charge in [0.2, 0.25) is 0 Å². The summed E-state index contributed by atoms with van der Waals surface area (Å²) >= 11 is 4.32. The minimum Gasteiger partial charge on any atom is -0.393 e. The van der Waals surface area contributed by atoms with Crippen LogP contribution in [0.5, 0.6) is 0 Å². The number of benzene rings is 4. The summed E-state index contributed by atoms with van der Waals surface area (Å²) in [4.78, 5) is 28.1. The van der Waals surface area contributed by atoms with Gasteiger partial charge in [0.15, 0.2) is 11.6 Å². The molecule has 20 aliphatic rings. The molecular formula is C109H150ArO22S. The Morgan fingerprint density at radius 2 is 0.714 bits per heavy atom. The summed E-state index contributed by atoms with van der Waals surface area (Å²) in [5, 5.41) is 21.2. The second-order valence-corrected chi connectivity index (χ2v) is 42.0. The van der Waals surface area contributed by atoms with Crippen molar-refractivity contribution >= 4 is 24.2 Å². The fourth-order valence-electron chi connectivity index (χ4n) is 24.7. The number of ether oxygens (including phenoxy) is 18. The number of fused-ring (bicyclic) bond motifs is 12. The van der Waals surface area contributed by atoms with Gasteiger partial charge in [-0.1, -0.05) is 191 Å². The van der Waals surface area contributed by atoms with Crippen LogP contribution in [0.1, 0.15) is 216 Å². The van der Waals surface area contributed by atoms with Gasteiger partial charge in [0.1, 0.15) is 72.6 Å². The Hall–Kier alpha value is -4.01. The minimum atomic E-state index is -0.777. The molecule has 24 bridgehead atoms. The summed E-state index contributed by atoms with van der Waals surface area (Å²) in [6.45, 7) is 32.6. The zero-order valence-electron chi connectivity index (χ0n) is 79.8. The summed E-state index contributed by atoms with van der Waals surface area (Å²) in [7, 11) is 3.36. The number of hydrogen-bond acceptors (Lipinski definition) is 23. The zero-order chi connectivity index (χ0) is 92.2. The molecule has 38 atom stereocenters. The van der Waals surface area contributed by atoms with Crippen LogP contribution in [-0.4, -0.2) is 249 Å². The van der Waals surface area contributed by atoms with E-state index in [0.717, 1.165) is 112 Å². The molecule has 0 saturated carbocycles. The molecule has 0 aliphatic carbocycles. The van der Waals surface area contributed by atoms with E-state index in [1.54, 1.807) is 14.2 Å². The SMILES string of the molecule is C=C1CC2CCC34CC5OC6C(O3)C3OC(CCC3O[C@H]6C5O4)CC(=O)CC3C(CC4OC(CCC1O2)CC(C)C4=C)OC(CC(O)CC)C3OC.C=C1CC2CCC34CC5OC6C(OC7CCC(CC(=O)CC8C(CC9OC(CCC1O2)CC(C)C9=C)OC(CC(O)CS)C8OC)OC7C6O3)C5O4.Cc1ccccc1.Cc1ccccc1.Cc1ccccc1.Cc1ccccc1.[Ar]. The molecule has 0 amide bonds. The van der Waals surface area contributed by atoms with E-state index in [1.807, 2.05) is 79.7 Å². The number of ketones is 2. The first-order valence-corrected chi connectivity index (χ1v) is 50.8. The summed E-state index contributed by atoms with van der Waals surface area (Å²) in [6.07, 6.45) is 11.5. The Labute approximate surface area is 825 Å². The second-order valence-electron chi connectivity index (χ2n) is 41.6. The predicted octanol–water partition coefficient (Wildman–Crippen LogP) is 17.3. The van der Waals surface area contributed by atoms with Crippen molar-refractivity contribution in [1.82, 2.24) is 0 Å². The molecule has 20 saturated heterocycles. The van der Waals surface area contributed by atoms with Crippen LogP contribution in [0.25, 0.3) is 0 Å². The molecule has 37 unspecified atom stereocenters. The van der Waals surface area contributed by atoms with Crippen molar-refractivity contribution in [3.05, 3.63) is 192 Å². The fourth-order valence-corrected chi connectivity index (χ4v) is 24.9. The summed E-state index contributed by atoms with van der Waals surface area (Å²) in [5.74, 6) is -0.794. The number of aryl methyl sites for hydroxylation is 4. The number of Topliss-reactive ketones (excluding diaryl/α,β-unsaturated/α-hetero) is 2. The standard InChI is InChI=1S/C41H60O11.C40H58O11S.4C7H8.Ar/c1-6-23(42)17-33-35(44-5)28-16-24(43)15-26-8-10-30-36(47-26)40-39-38(49-30)37-34(50-39)19-41(51-37,52-40)12-11-27-14-21(3)29(45-27)9-7-25-13-20(2)22(4)31(46-25)18-32(28)48-33;1-19-11-24-5-7-28-20(2)12-26(44-28)9-10-40-17-33-36(50-40)37-38(49-33)39(51-40)35-29(48-37)8-6-25(46-35)13-22(41)14-27-31(16-30(45-24)21(19)3)47-32(34(27)43-4)15-23(42)18-52;4*1-7-5-3-2-4-6-7;/h20,23,25-40,42H,3-4,6-19H2,1-2,5H3;19,23-39,42,52H,2-3,5-18H2,1,4H3;4*2-6H,1H3;/t20?,23?,25?,26?,27?,28?,29?,30?,31?,32?,33?,34?,35?,36?,37?,38-,39?,40?,41?;;;;;;/m0....../s1. The molecule has 2 spiro atoms. The van der Waals surface area contributed by atoms with Crippen LogP contribution < -0.4 is 0 Å². The zero-order valence-corrected chi connectivity index (χ0v) is 81.4. The van der Waals surface area contributed by atoms with Crippen LogP contribution in [0, 0.1) is 89.1 Å². The molecule has 20 aliphatic heterocycles. The molecule has 24 heteroatoms. The fraction of sp³-hybridized carbons (Fsp3) is 0.688. The maximum Gasteiger partial charge on any atom is 0.172 e. The number of aliphatic hydroxyl groups excluding tert-OH is 2. The maximum absolute atomic E-state index is 14.1. The van der Waals surface area contributed by atoms with Crippen molar-refractivity contribution in [1.29, 1.82) is 0 Å². The summed E-state index contributed by atoms with van der Waals surface area (Å²) < 4.78 is 120. The molecule has 0 radical (unpaired) electrons. The van der Waals surface area contributed by atoms with Gasteiger partial charge in [-0.25, -0.2) is 0 Å². The molecule has 4 aromatic rings. The van der Waals surface area contributed by atoms with Crippen LogP contribution in [0.15, 0.2) is 170 Å². The van der Waals surface area contributed by atoms with E-state index in [1.165, 1.54) is 22.3 Å². The van der Waals surface area contributed by atoms with Crippen molar-refractivity contribution in [2.24, 2.45) is 23.7 Å². The van der Waals surface area contributed by atoms with Gasteiger partial charge in [0.25, 0.3) is 0 Å². The van der Waals surface area contributed by atoms with E-state index < -0.39 is 23.8 Å². The number of methoxy groups -OCH3 is 2. The van der Waals surface area contributed by atoms with Gasteiger partial charge in [-0.2, -0.15) is 12.6 Å². The monoisotopic (exact) mass is 1880 g/mol. The third-order valence-corrected chi connectivity index (χ3v) is 32.3. The summed E-state index contributed by atoms with van der Waals surface area (Å²) in [6, 6.07) is 41.0. The molecule has 133 heavy (non-hydrogen) atoms. The van der Waals surface area contributed by atoms with E-state index in [0.29, 0.717) is 82.3 Å². The smallest absolute Gasteiger partial charge is 0.172 e. The van der Waals surface area contributed by atoms with Gasteiger partial charge >= 0.3 is 0 Å². The molecular weight excluding hydrogens is 1730 g/mol. The van der Waals surface area contributed by atoms with E-state index in [4.69, 9.17) is 85.3 Å². The van der Waals surface area contributed by atoms with Crippen molar-refractivity contribution < 1.29 is 143 Å². The Bertz CT molecular complexity index is 4110. The van der Waals surface area contributed by atoms with Crippen molar-refractivity contribution in [3.8, 4) is 0 Å². The van der Waals surface area contributed by atoms with E-state index in [2.05, 4.69) is 129 Å². The van der Waals surface area contributed by atoms with Gasteiger partial charge in [0.05, 0.1) is 134 Å². The largest absolute Gasteiger partial charge is 0.393 e. The quantitative estimate of drug-likeness (QED) is 0.110. The Morgan fingerprint density at radius 3 is 1.07 bits per heavy atom. The van der Waals surface area contributed by atoms with Crippen molar-refractivity contribution in [2.75, 3.05) is 20.0 Å². The Morgan fingerprint density at radius 1 is 0.376 bits per heavy atom. The van der Waals surface area contributed by atoms with E-state index in [9.17, 15) is 19.8 Å². The van der Waals surface area contributed by atoms with Crippen LogP contribution in [0.4, 0.5) is 0 Å². The number of carbonyl (C=O) groups excluding carboxylic acids is 2. The molecule has 0 aromatic heterocycles. The Balaban J connectivity index is 0.000000148. The average Bonchev–Trinajstić information content (AvgIpc) is 1.55. The summed E-state index contributed by atoms with van der Waals surface area (Å²) in [5.41, 5.74) is 9.72. The predicted molar refractivity (Wildman–Crippen MR) is 503 cm³/mol. The first kappa shape index (κ1) is 102. The minimum absolute atomic E-state index is 0. The number of hydrogen-bond donors (Lipinski definition) is 3. The van der Waals surface area contributed by atoms with Crippen LogP contribution in [0.3, 0.4) is 0 Å². The van der Waals surface area contributed by atoms with Gasteiger partial charge in [-0.3, -0.25) is 9.59 Å². The second kappa shape index (κ2) is 45.9. The molecule has 24 rings (SSSR count). The molecule has 20 fully saturated rings. The number of thiol groups is 1. The van der Waals surface area contributed by atoms with Gasteiger partial charge in [0, 0.05) is 147 Å². The Kier molecular flexibility index (Phi) is 35.2. The molecule has 4 aromatic carbocycles. The normalized spacial score (nSPS) is 42.8.